The fourth-order valence-electron chi connectivity index (χ4n) is 2.83. The fraction of sp³-hybridized carbons (Fsp3) is 0.227. The van der Waals surface area contributed by atoms with Gasteiger partial charge in [-0.05, 0) is 31.4 Å². The maximum absolute atomic E-state index is 12.5. The van der Waals surface area contributed by atoms with Crippen LogP contribution >= 0.6 is 23.1 Å². The molecular weight excluding hydrogens is 402 g/mol. The van der Waals surface area contributed by atoms with Crippen LogP contribution in [0.15, 0.2) is 58.8 Å². The lowest BCUT2D eigenvalue weighted by molar-refractivity contribution is -0.132. The van der Waals surface area contributed by atoms with Crippen LogP contribution in [0.1, 0.15) is 11.3 Å². The number of nitrogens with zero attached hydrogens (tertiary/aromatic N) is 2. The van der Waals surface area contributed by atoms with Gasteiger partial charge in [-0.25, -0.2) is 4.98 Å². The number of thiazole rings is 1. The molecule has 0 saturated carbocycles. The maximum atomic E-state index is 12.5. The number of aromatic nitrogens is 1. The zero-order valence-corrected chi connectivity index (χ0v) is 18.3. The first kappa shape index (κ1) is 21.1. The number of amides is 2. The minimum atomic E-state index is -0.221. The van der Waals surface area contributed by atoms with E-state index in [0.717, 1.165) is 26.8 Å². The van der Waals surface area contributed by atoms with Crippen molar-refractivity contribution in [1.29, 1.82) is 0 Å². The molecule has 2 aromatic carbocycles. The second kappa shape index (κ2) is 9.71. The minimum absolute atomic E-state index is 0.00355. The first-order chi connectivity index (χ1) is 14.0. The van der Waals surface area contributed by atoms with E-state index >= 15 is 0 Å². The van der Waals surface area contributed by atoms with Crippen molar-refractivity contribution in [3.05, 3.63) is 65.2 Å². The molecule has 2 amide bonds. The van der Waals surface area contributed by atoms with E-state index < -0.39 is 0 Å². The molecule has 7 heteroatoms. The number of rotatable bonds is 7. The molecule has 0 bridgehead atoms. The van der Waals surface area contributed by atoms with Crippen LogP contribution in [0.4, 0.5) is 5.69 Å². The van der Waals surface area contributed by atoms with Crippen molar-refractivity contribution in [2.75, 3.05) is 25.2 Å². The third-order valence-corrected chi connectivity index (χ3v) is 6.07. The molecule has 150 valence electrons. The number of hydrogen-bond acceptors (Lipinski definition) is 5. The van der Waals surface area contributed by atoms with E-state index in [1.165, 1.54) is 21.8 Å². The van der Waals surface area contributed by atoms with Gasteiger partial charge in [0.1, 0.15) is 5.01 Å². The third kappa shape index (κ3) is 5.68. The topological polar surface area (TPSA) is 62.3 Å². The van der Waals surface area contributed by atoms with Crippen LogP contribution in [-0.4, -0.2) is 41.5 Å². The molecule has 0 radical (unpaired) electrons. The summed E-state index contributed by atoms with van der Waals surface area (Å²) in [6, 6.07) is 15.7. The summed E-state index contributed by atoms with van der Waals surface area (Å²) >= 11 is 3.08. The maximum Gasteiger partial charge on any atom is 0.244 e. The number of likely N-dealkylation sites (N-methyl/N-ethyl adjacent to an activating group) is 1. The van der Waals surface area contributed by atoms with Gasteiger partial charge in [-0.15, -0.1) is 23.1 Å². The Labute approximate surface area is 179 Å². The molecular formula is C22H23N3O2S2. The molecule has 0 saturated heterocycles. The number of thioether (sulfide) groups is 1. The predicted octanol–water partition coefficient (Wildman–Crippen LogP) is 4.48. The molecule has 29 heavy (non-hydrogen) atoms. The lowest BCUT2D eigenvalue weighted by Crippen LogP contribution is -2.35. The van der Waals surface area contributed by atoms with E-state index in [1.807, 2.05) is 61.0 Å². The van der Waals surface area contributed by atoms with Gasteiger partial charge in [0.05, 0.1) is 24.3 Å². The average molecular weight is 426 g/mol. The number of nitrogens with one attached hydrogen (secondary N) is 1. The molecule has 0 aliphatic rings. The number of benzene rings is 2. The Morgan fingerprint density at radius 3 is 2.72 bits per heavy atom. The van der Waals surface area contributed by atoms with Crippen LogP contribution in [0, 0.1) is 6.92 Å². The van der Waals surface area contributed by atoms with E-state index in [2.05, 4.69) is 16.4 Å². The van der Waals surface area contributed by atoms with Crippen LogP contribution in [0.3, 0.4) is 0 Å². The Morgan fingerprint density at radius 1 is 1.17 bits per heavy atom. The van der Waals surface area contributed by atoms with Gasteiger partial charge in [0.25, 0.3) is 0 Å². The van der Waals surface area contributed by atoms with Gasteiger partial charge in [-0.2, -0.15) is 0 Å². The molecule has 3 rings (SSSR count). The summed E-state index contributed by atoms with van der Waals surface area (Å²) in [6.07, 6.45) is 2.13. The zero-order valence-electron chi connectivity index (χ0n) is 16.6. The van der Waals surface area contributed by atoms with E-state index in [4.69, 9.17) is 0 Å². The number of carbonyl (C=O) groups excluding carboxylic acids is 2. The zero-order chi connectivity index (χ0) is 20.8. The second-order valence-electron chi connectivity index (χ2n) is 6.69. The molecule has 0 aliphatic heterocycles. The highest BCUT2D eigenvalue weighted by Crippen LogP contribution is 2.25. The van der Waals surface area contributed by atoms with Gasteiger partial charge < -0.3 is 10.2 Å². The minimum Gasteiger partial charge on any atom is -0.336 e. The molecule has 1 heterocycles. The first-order valence-corrected chi connectivity index (χ1v) is 11.2. The fourth-order valence-corrected chi connectivity index (χ4v) is 4.20. The lowest BCUT2D eigenvalue weighted by Gasteiger charge is -2.17. The quantitative estimate of drug-likeness (QED) is 0.567. The van der Waals surface area contributed by atoms with Gasteiger partial charge in [-0.1, -0.05) is 35.9 Å². The molecule has 0 unspecified atom stereocenters. The number of aryl methyl sites for hydroxylation is 1. The number of anilines is 1. The first-order valence-electron chi connectivity index (χ1n) is 9.14. The molecule has 0 fully saturated rings. The Kier molecular flexibility index (Phi) is 7.06. The normalized spacial score (nSPS) is 10.6. The van der Waals surface area contributed by atoms with Gasteiger partial charge >= 0.3 is 0 Å². The SMILES string of the molecule is CSc1ccccc1NC(=O)CN(C)C(=O)Cc1csc(-c2cccc(C)c2)n1. The van der Waals surface area contributed by atoms with E-state index in [0.29, 0.717) is 0 Å². The smallest absolute Gasteiger partial charge is 0.244 e. The molecule has 0 atom stereocenters. The predicted molar refractivity (Wildman–Crippen MR) is 120 cm³/mol. The van der Waals surface area contributed by atoms with Crippen molar-refractivity contribution in [3.63, 3.8) is 0 Å². The number of hydrogen-bond donors (Lipinski definition) is 1. The van der Waals surface area contributed by atoms with Crippen molar-refractivity contribution in [2.45, 2.75) is 18.2 Å². The van der Waals surface area contributed by atoms with Crippen molar-refractivity contribution in [3.8, 4) is 10.6 Å². The van der Waals surface area contributed by atoms with Crippen molar-refractivity contribution >= 4 is 40.6 Å². The summed E-state index contributed by atoms with van der Waals surface area (Å²) < 4.78 is 0. The average Bonchev–Trinajstić information content (AvgIpc) is 3.16. The summed E-state index contributed by atoms with van der Waals surface area (Å²) in [7, 11) is 1.64. The van der Waals surface area contributed by atoms with Crippen molar-refractivity contribution in [1.82, 2.24) is 9.88 Å². The van der Waals surface area contributed by atoms with Crippen LogP contribution in [-0.2, 0) is 16.0 Å². The van der Waals surface area contributed by atoms with E-state index in [1.54, 1.807) is 18.8 Å². The Morgan fingerprint density at radius 2 is 1.97 bits per heavy atom. The van der Waals surface area contributed by atoms with Gasteiger partial charge in [0.2, 0.25) is 11.8 Å². The van der Waals surface area contributed by atoms with Gasteiger partial charge in [-0.3, -0.25) is 9.59 Å². The Balaban J connectivity index is 1.57. The van der Waals surface area contributed by atoms with Gasteiger partial charge in [0, 0.05) is 22.9 Å². The summed E-state index contributed by atoms with van der Waals surface area (Å²) in [5.74, 6) is -0.361. The highest BCUT2D eigenvalue weighted by molar-refractivity contribution is 7.98. The van der Waals surface area contributed by atoms with E-state index in [-0.39, 0.29) is 24.8 Å². The van der Waals surface area contributed by atoms with Gasteiger partial charge in [0.15, 0.2) is 0 Å². The second-order valence-corrected chi connectivity index (χ2v) is 8.39. The summed E-state index contributed by atoms with van der Waals surface area (Å²) in [6.45, 7) is 2.04. The molecule has 5 nitrogen and oxygen atoms in total. The van der Waals surface area contributed by atoms with Crippen LogP contribution in [0.2, 0.25) is 0 Å². The van der Waals surface area contributed by atoms with Crippen LogP contribution < -0.4 is 5.32 Å². The molecule has 3 aromatic rings. The van der Waals surface area contributed by atoms with Crippen molar-refractivity contribution in [2.24, 2.45) is 0 Å². The molecule has 0 aliphatic carbocycles. The summed E-state index contributed by atoms with van der Waals surface area (Å²) in [4.78, 5) is 31.9. The van der Waals surface area contributed by atoms with Crippen LogP contribution in [0.25, 0.3) is 10.6 Å². The summed E-state index contributed by atoms with van der Waals surface area (Å²) in [5, 5.41) is 5.67. The molecule has 1 N–H and O–H groups in total. The highest BCUT2D eigenvalue weighted by Gasteiger charge is 2.16. The Bertz CT molecular complexity index is 1020. The molecule has 1 aromatic heterocycles. The number of para-hydroxylation sites is 1. The highest BCUT2D eigenvalue weighted by atomic mass is 32.2. The van der Waals surface area contributed by atoms with E-state index in [9.17, 15) is 9.59 Å². The summed E-state index contributed by atoms with van der Waals surface area (Å²) in [5.41, 5.74) is 3.70. The van der Waals surface area contributed by atoms with Crippen molar-refractivity contribution < 1.29 is 9.59 Å². The molecule has 0 spiro atoms. The van der Waals surface area contributed by atoms with Crippen LogP contribution in [0.5, 0.6) is 0 Å². The lowest BCUT2D eigenvalue weighted by atomic mass is 10.1. The largest absolute Gasteiger partial charge is 0.336 e. The standard InChI is InChI=1S/C22H23N3O2S2/c1-15-7-6-8-16(11-15)22-23-17(14-29-22)12-21(27)25(2)13-20(26)24-18-9-4-5-10-19(18)28-3/h4-11,14H,12-13H2,1-3H3,(H,24,26). The monoisotopic (exact) mass is 425 g/mol. The Hall–Kier alpha value is -2.64. The number of carbonyl (C=O) groups is 2. The third-order valence-electron chi connectivity index (χ3n) is 4.34.